The number of carbonyl (C=O) groups is 1. The van der Waals surface area contributed by atoms with Gasteiger partial charge < -0.3 is 0 Å². The van der Waals surface area contributed by atoms with Gasteiger partial charge in [0.1, 0.15) is 9.84 Å². The first-order valence-corrected chi connectivity index (χ1v) is 8.63. The maximum absolute atomic E-state index is 12.4. The highest BCUT2D eigenvalue weighted by Gasteiger charge is 2.32. The van der Waals surface area contributed by atoms with Crippen molar-refractivity contribution in [2.45, 2.75) is 37.9 Å². The van der Waals surface area contributed by atoms with Gasteiger partial charge in [0.05, 0.1) is 5.25 Å². The van der Waals surface area contributed by atoms with E-state index in [1.807, 2.05) is 31.2 Å². The van der Waals surface area contributed by atoms with Gasteiger partial charge in [0.15, 0.2) is 5.78 Å². The van der Waals surface area contributed by atoms with E-state index in [1.165, 1.54) is 6.26 Å². The van der Waals surface area contributed by atoms with Crippen molar-refractivity contribution in [1.82, 2.24) is 0 Å². The third-order valence-electron chi connectivity index (χ3n) is 3.90. The summed E-state index contributed by atoms with van der Waals surface area (Å²) in [7, 11) is -3.03. The maximum atomic E-state index is 12.4. The Hall–Kier alpha value is -1.16. The molecule has 1 aromatic rings. The number of benzene rings is 1. The van der Waals surface area contributed by atoms with Gasteiger partial charge in [0, 0.05) is 17.7 Å². The van der Waals surface area contributed by atoms with Crippen LogP contribution >= 0.6 is 0 Å². The van der Waals surface area contributed by atoms with Crippen LogP contribution in [0.5, 0.6) is 0 Å². The number of sulfone groups is 1. The monoisotopic (exact) mass is 280 g/mol. The van der Waals surface area contributed by atoms with Gasteiger partial charge in [-0.15, -0.1) is 0 Å². The molecule has 1 fully saturated rings. The van der Waals surface area contributed by atoms with Crippen LogP contribution < -0.4 is 0 Å². The van der Waals surface area contributed by atoms with E-state index in [-0.39, 0.29) is 17.0 Å². The number of carbonyl (C=O) groups excluding carboxylic acids is 1. The molecule has 0 radical (unpaired) electrons. The molecule has 3 nitrogen and oxygen atoms in total. The maximum Gasteiger partial charge on any atom is 0.165 e. The summed E-state index contributed by atoms with van der Waals surface area (Å²) in [5.74, 6) is -0.0488. The highest BCUT2D eigenvalue weighted by atomic mass is 32.2. The average molecular weight is 280 g/mol. The van der Waals surface area contributed by atoms with Gasteiger partial charge in [-0.25, -0.2) is 8.42 Å². The molecule has 19 heavy (non-hydrogen) atoms. The molecule has 0 saturated heterocycles. The number of Topliss-reactive ketones (excluding diaryl/α,β-unsaturated/α-hetero) is 1. The molecule has 0 amide bonds. The molecule has 1 aliphatic rings. The Labute approximate surface area is 114 Å². The Morgan fingerprint density at radius 2 is 2.00 bits per heavy atom. The number of hydrogen-bond acceptors (Lipinski definition) is 3. The van der Waals surface area contributed by atoms with Crippen LogP contribution in [0.25, 0.3) is 0 Å². The molecule has 2 unspecified atom stereocenters. The van der Waals surface area contributed by atoms with Gasteiger partial charge in [-0.1, -0.05) is 30.2 Å². The Balaban J connectivity index is 2.16. The first-order valence-electron chi connectivity index (χ1n) is 6.67. The van der Waals surface area contributed by atoms with Crippen LogP contribution in [0.4, 0.5) is 0 Å². The fourth-order valence-electron chi connectivity index (χ4n) is 2.81. The minimum atomic E-state index is -3.03. The van der Waals surface area contributed by atoms with E-state index in [2.05, 4.69) is 0 Å². The Kier molecular flexibility index (Phi) is 4.09. The summed E-state index contributed by atoms with van der Waals surface area (Å²) in [6, 6.07) is 7.53. The van der Waals surface area contributed by atoms with E-state index in [4.69, 9.17) is 0 Å². The molecule has 1 aliphatic carbocycles. The molecule has 4 heteroatoms. The predicted octanol–water partition coefficient (Wildman–Crippen LogP) is 2.78. The van der Waals surface area contributed by atoms with Gasteiger partial charge in [-0.2, -0.15) is 0 Å². The summed E-state index contributed by atoms with van der Waals surface area (Å²) in [6.45, 7) is 1.96. The molecule has 0 spiro atoms. The SMILES string of the molecule is Cc1cccc(C(=O)C2CCCC(S(C)(=O)=O)C2)c1. The summed E-state index contributed by atoms with van der Waals surface area (Å²) in [4.78, 5) is 12.4. The van der Waals surface area contributed by atoms with Crippen LogP contribution in [0.1, 0.15) is 41.6 Å². The Morgan fingerprint density at radius 3 is 2.63 bits per heavy atom. The van der Waals surface area contributed by atoms with Crippen molar-refractivity contribution in [3.63, 3.8) is 0 Å². The number of ketones is 1. The lowest BCUT2D eigenvalue weighted by molar-refractivity contribution is 0.0891. The van der Waals surface area contributed by atoms with Crippen molar-refractivity contribution in [2.24, 2.45) is 5.92 Å². The van der Waals surface area contributed by atoms with Crippen molar-refractivity contribution in [3.8, 4) is 0 Å². The third-order valence-corrected chi connectivity index (χ3v) is 5.54. The van der Waals surface area contributed by atoms with E-state index in [0.29, 0.717) is 18.4 Å². The van der Waals surface area contributed by atoms with Crippen molar-refractivity contribution in [3.05, 3.63) is 35.4 Å². The zero-order valence-electron chi connectivity index (χ0n) is 11.4. The highest BCUT2D eigenvalue weighted by Crippen LogP contribution is 2.30. The second-order valence-electron chi connectivity index (χ2n) is 5.55. The quantitative estimate of drug-likeness (QED) is 0.800. The largest absolute Gasteiger partial charge is 0.294 e. The van der Waals surface area contributed by atoms with Crippen LogP contribution in [-0.4, -0.2) is 25.7 Å². The molecule has 0 heterocycles. The molecule has 0 bridgehead atoms. The van der Waals surface area contributed by atoms with Crippen LogP contribution in [0.15, 0.2) is 24.3 Å². The zero-order valence-corrected chi connectivity index (χ0v) is 12.2. The molecule has 0 aromatic heterocycles. The van der Waals surface area contributed by atoms with Crippen LogP contribution in [0.2, 0.25) is 0 Å². The minimum absolute atomic E-state index is 0.0945. The number of rotatable bonds is 3. The summed E-state index contributed by atoms with van der Waals surface area (Å²) in [6.07, 6.45) is 4.07. The van der Waals surface area contributed by atoms with Crippen molar-refractivity contribution < 1.29 is 13.2 Å². The molecule has 104 valence electrons. The second-order valence-corrected chi connectivity index (χ2v) is 7.87. The molecular formula is C15H20O3S. The number of hydrogen-bond donors (Lipinski definition) is 0. The Bertz CT molecular complexity index is 575. The lowest BCUT2D eigenvalue weighted by Crippen LogP contribution is -2.31. The van der Waals surface area contributed by atoms with Gasteiger partial charge in [0.2, 0.25) is 0 Å². The lowest BCUT2D eigenvalue weighted by atomic mass is 9.83. The van der Waals surface area contributed by atoms with Crippen molar-refractivity contribution in [1.29, 1.82) is 0 Å². The lowest BCUT2D eigenvalue weighted by Gasteiger charge is -2.27. The summed E-state index contributed by atoms with van der Waals surface area (Å²) < 4.78 is 23.3. The molecule has 1 aromatic carbocycles. The average Bonchev–Trinajstić information content (AvgIpc) is 2.37. The first kappa shape index (κ1) is 14.3. The minimum Gasteiger partial charge on any atom is -0.294 e. The number of aryl methyl sites for hydroxylation is 1. The molecule has 1 saturated carbocycles. The standard InChI is InChI=1S/C15H20O3S/c1-11-5-3-6-12(9-11)15(16)13-7-4-8-14(10-13)19(2,17)18/h3,5-6,9,13-14H,4,7-8,10H2,1-2H3. The third kappa shape index (κ3) is 3.44. The van der Waals surface area contributed by atoms with E-state index in [0.717, 1.165) is 18.4 Å². The first-order chi connectivity index (χ1) is 8.88. The van der Waals surface area contributed by atoms with Crippen LogP contribution in [-0.2, 0) is 9.84 Å². The van der Waals surface area contributed by atoms with Crippen molar-refractivity contribution >= 4 is 15.6 Å². The van der Waals surface area contributed by atoms with E-state index >= 15 is 0 Å². The normalized spacial score (nSPS) is 24.1. The topological polar surface area (TPSA) is 51.2 Å². The van der Waals surface area contributed by atoms with Gasteiger partial charge in [-0.05, 0) is 32.3 Å². The molecule has 0 aliphatic heterocycles. The van der Waals surface area contributed by atoms with Gasteiger partial charge in [-0.3, -0.25) is 4.79 Å². The molecule has 0 N–H and O–H groups in total. The van der Waals surface area contributed by atoms with E-state index < -0.39 is 9.84 Å². The molecule has 2 rings (SSSR count). The van der Waals surface area contributed by atoms with E-state index in [1.54, 1.807) is 0 Å². The summed E-state index contributed by atoms with van der Waals surface area (Å²) >= 11 is 0. The fourth-order valence-corrected chi connectivity index (χ4v) is 3.98. The van der Waals surface area contributed by atoms with Crippen LogP contribution in [0, 0.1) is 12.8 Å². The van der Waals surface area contributed by atoms with Crippen LogP contribution in [0.3, 0.4) is 0 Å². The smallest absolute Gasteiger partial charge is 0.165 e. The predicted molar refractivity (Wildman–Crippen MR) is 76.1 cm³/mol. The summed E-state index contributed by atoms with van der Waals surface area (Å²) in [5.41, 5.74) is 1.76. The van der Waals surface area contributed by atoms with E-state index in [9.17, 15) is 13.2 Å². The van der Waals surface area contributed by atoms with Gasteiger partial charge in [0.25, 0.3) is 0 Å². The van der Waals surface area contributed by atoms with Crippen molar-refractivity contribution in [2.75, 3.05) is 6.26 Å². The fraction of sp³-hybridized carbons (Fsp3) is 0.533. The zero-order chi connectivity index (χ0) is 14.0. The molecule has 2 atom stereocenters. The second kappa shape index (κ2) is 5.45. The molecular weight excluding hydrogens is 260 g/mol. The summed E-state index contributed by atoms with van der Waals surface area (Å²) in [5, 5.41) is -0.347. The Morgan fingerprint density at radius 1 is 1.26 bits per heavy atom. The van der Waals surface area contributed by atoms with Gasteiger partial charge >= 0.3 is 0 Å². The highest BCUT2D eigenvalue weighted by molar-refractivity contribution is 7.91.